The van der Waals surface area contributed by atoms with Crippen LogP contribution in [0.5, 0.6) is 5.88 Å². The Labute approximate surface area is 116 Å². The predicted octanol–water partition coefficient (Wildman–Crippen LogP) is 3.08. The molecule has 4 heteroatoms. The van der Waals surface area contributed by atoms with Gasteiger partial charge in [-0.05, 0) is 30.9 Å². The molecular weight excluding hydrogens is 238 g/mol. The highest BCUT2D eigenvalue weighted by atomic mass is 16.5. The summed E-state index contributed by atoms with van der Waals surface area (Å²) in [4.78, 5) is 7.00. The summed E-state index contributed by atoms with van der Waals surface area (Å²) in [6.07, 6.45) is 5.18. The van der Waals surface area contributed by atoms with Crippen LogP contribution >= 0.6 is 0 Å². The minimum absolute atomic E-state index is 0.532. The number of rotatable bonds is 5. The van der Waals surface area contributed by atoms with E-state index in [2.05, 4.69) is 23.7 Å². The highest BCUT2D eigenvalue weighted by Crippen LogP contribution is 2.30. The van der Waals surface area contributed by atoms with Crippen LogP contribution in [0.1, 0.15) is 39.5 Å². The fraction of sp³-hybridized carbons (Fsp3) is 0.667. The lowest BCUT2D eigenvalue weighted by atomic mass is 10.1. The highest BCUT2D eigenvalue weighted by molar-refractivity contribution is 5.55. The van der Waals surface area contributed by atoms with Gasteiger partial charge in [0, 0.05) is 12.6 Å². The van der Waals surface area contributed by atoms with Gasteiger partial charge in [0.2, 0.25) is 5.88 Å². The SMILES string of the molecule is COc1nc(N(CC(C)C)C2CCCC2)ccc1N. The highest BCUT2D eigenvalue weighted by Gasteiger charge is 2.24. The van der Waals surface area contributed by atoms with Gasteiger partial charge >= 0.3 is 0 Å². The maximum absolute atomic E-state index is 5.85. The van der Waals surface area contributed by atoms with Crippen molar-refractivity contribution < 1.29 is 4.74 Å². The van der Waals surface area contributed by atoms with Crippen molar-refractivity contribution in [2.75, 3.05) is 24.3 Å². The first-order valence-corrected chi connectivity index (χ1v) is 7.19. The van der Waals surface area contributed by atoms with Gasteiger partial charge < -0.3 is 15.4 Å². The maximum Gasteiger partial charge on any atom is 0.238 e. The number of nitrogens with zero attached hydrogens (tertiary/aromatic N) is 2. The van der Waals surface area contributed by atoms with E-state index in [-0.39, 0.29) is 0 Å². The van der Waals surface area contributed by atoms with Crippen molar-refractivity contribution in [1.82, 2.24) is 4.98 Å². The molecule has 1 heterocycles. The number of ether oxygens (including phenoxy) is 1. The largest absolute Gasteiger partial charge is 0.479 e. The fourth-order valence-corrected chi connectivity index (χ4v) is 2.80. The third-order valence-electron chi connectivity index (χ3n) is 3.69. The van der Waals surface area contributed by atoms with E-state index in [1.165, 1.54) is 25.7 Å². The number of anilines is 2. The van der Waals surface area contributed by atoms with Crippen LogP contribution in [0.4, 0.5) is 11.5 Å². The molecule has 1 saturated carbocycles. The van der Waals surface area contributed by atoms with Crippen molar-refractivity contribution in [3.05, 3.63) is 12.1 Å². The molecule has 0 amide bonds. The molecule has 1 aromatic heterocycles. The number of aromatic nitrogens is 1. The second-order valence-corrected chi connectivity index (χ2v) is 5.75. The quantitative estimate of drug-likeness (QED) is 0.887. The molecule has 2 rings (SSSR count). The molecule has 1 aromatic rings. The summed E-state index contributed by atoms with van der Waals surface area (Å²) in [6.45, 7) is 5.53. The molecular formula is C15H25N3O. The summed E-state index contributed by atoms with van der Waals surface area (Å²) in [7, 11) is 1.62. The molecule has 0 saturated heterocycles. The lowest BCUT2D eigenvalue weighted by molar-refractivity contribution is 0.399. The lowest BCUT2D eigenvalue weighted by Gasteiger charge is -2.32. The Kier molecular flexibility index (Phi) is 4.51. The summed E-state index contributed by atoms with van der Waals surface area (Å²) in [6, 6.07) is 4.52. The van der Waals surface area contributed by atoms with Gasteiger partial charge in [0.1, 0.15) is 5.82 Å². The van der Waals surface area contributed by atoms with Gasteiger partial charge in [0.15, 0.2) is 0 Å². The van der Waals surface area contributed by atoms with E-state index in [4.69, 9.17) is 10.5 Å². The van der Waals surface area contributed by atoms with Crippen molar-refractivity contribution >= 4 is 11.5 Å². The summed E-state index contributed by atoms with van der Waals surface area (Å²) in [5.41, 5.74) is 6.45. The van der Waals surface area contributed by atoms with Crippen molar-refractivity contribution in [1.29, 1.82) is 0 Å². The summed E-state index contributed by atoms with van der Waals surface area (Å²) in [5.74, 6) is 2.14. The van der Waals surface area contributed by atoms with Crippen molar-refractivity contribution in [2.45, 2.75) is 45.6 Å². The number of nitrogen functional groups attached to an aromatic ring is 1. The number of methoxy groups -OCH3 is 1. The molecule has 1 fully saturated rings. The molecule has 0 aliphatic heterocycles. The predicted molar refractivity (Wildman–Crippen MR) is 79.6 cm³/mol. The van der Waals surface area contributed by atoms with E-state index >= 15 is 0 Å². The molecule has 19 heavy (non-hydrogen) atoms. The Bertz CT molecular complexity index is 414. The van der Waals surface area contributed by atoms with E-state index in [9.17, 15) is 0 Å². The molecule has 0 radical (unpaired) electrons. The van der Waals surface area contributed by atoms with Crippen molar-refractivity contribution in [3.8, 4) is 5.88 Å². The first-order chi connectivity index (χ1) is 9.11. The van der Waals surface area contributed by atoms with Crippen molar-refractivity contribution in [3.63, 3.8) is 0 Å². The van der Waals surface area contributed by atoms with Gasteiger partial charge in [-0.15, -0.1) is 0 Å². The first kappa shape index (κ1) is 14.0. The molecule has 0 atom stereocenters. The van der Waals surface area contributed by atoms with E-state index < -0.39 is 0 Å². The van der Waals surface area contributed by atoms with Gasteiger partial charge in [-0.3, -0.25) is 0 Å². The lowest BCUT2D eigenvalue weighted by Crippen LogP contribution is -2.37. The van der Waals surface area contributed by atoms with Crippen LogP contribution < -0.4 is 15.4 Å². The average Bonchev–Trinajstić information content (AvgIpc) is 2.90. The zero-order valence-electron chi connectivity index (χ0n) is 12.2. The Hall–Kier alpha value is -1.45. The second kappa shape index (κ2) is 6.13. The molecule has 1 aliphatic carbocycles. The molecule has 1 aliphatic rings. The molecule has 0 unspecified atom stereocenters. The van der Waals surface area contributed by atoms with Crippen LogP contribution in [0.2, 0.25) is 0 Å². The van der Waals surface area contributed by atoms with Gasteiger partial charge in [-0.1, -0.05) is 26.7 Å². The minimum Gasteiger partial charge on any atom is -0.479 e. The molecule has 2 N–H and O–H groups in total. The molecule has 0 aromatic carbocycles. The summed E-state index contributed by atoms with van der Waals surface area (Å²) >= 11 is 0. The summed E-state index contributed by atoms with van der Waals surface area (Å²) < 4.78 is 5.24. The molecule has 0 bridgehead atoms. The topological polar surface area (TPSA) is 51.4 Å². The maximum atomic E-state index is 5.85. The monoisotopic (exact) mass is 263 g/mol. The Balaban J connectivity index is 2.25. The Morgan fingerprint density at radius 2 is 2.05 bits per heavy atom. The number of nitrogens with two attached hydrogens (primary N) is 1. The Morgan fingerprint density at radius 1 is 1.37 bits per heavy atom. The van der Waals surface area contributed by atoms with Crippen LogP contribution in [0.15, 0.2) is 12.1 Å². The molecule has 4 nitrogen and oxygen atoms in total. The van der Waals surface area contributed by atoms with Crippen LogP contribution in [0.25, 0.3) is 0 Å². The van der Waals surface area contributed by atoms with Crippen LogP contribution in [-0.2, 0) is 0 Å². The fourth-order valence-electron chi connectivity index (χ4n) is 2.80. The second-order valence-electron chi connectivity index (χ2n) is 5.75. The number of hydrogen-bond donors (Lipinski definition) is 1. The zero-order chi connectivity index (χ0) is 13.8. The van der Waals surface area contributed by atoms with Gasteiger partial charge in [0.25, 0.3) is 0 Å². The van der Waals surface area contributed by atoms with Gasteiger partial charge in [-0.25, -0.2) is 0 Å². The summed E-state index contributed by atoms with van der Waals surface area (Å²) in [5, 5.41) is 0. The van der Waals surface area contributed by atoms with E-state index in [0.29, 0.717) is 23.5 Å². The number of pyridine rings is 1. The smallest absolute Gasteiger partial charge is 0.238 e. The number of hydrogen-bond acceptors (Lipinski definition) is 4. The van der Waals surface area contributed by atoms with Crippen LogP contribution in [0, 0.1) is 5.92 Å². The van der Waals surface area contributed by atoms with E-state index in [1.54, 1.807) is 7.11 Å². The Morgan fingerprint density at radius 3 is 2.63 bits per heavy atom. The standard InChI is InChI=1S/C15H25N3O/c1-11(2)10-18(12-6-4-5-7-12)14-9-8-13(16)15(17-14)19-3/h8-9,11-12H,4-7,10,16H2,1-3H3. The van der Waals surface area contributed by atoms with E-state index in [1.807, 2.05) is 12.1 Å². The van der Waals surface area contributed by atoms with Crippen LogP contribution in [0.3, 0.4) is 0 Å². The molecule has 106 valence electrons. The zero-order valence-corrected chi connectivity index (χ0v) is 12.2. The minimum atomic E-state index is 0.532. The first-order valence-electron chi connectivity index (χ1n) is 7.19. The van der Waals surface area contributed by atoms with Crippen molar-refractivity contribution in [2.24, 2.45) is 5.92 Å². The van der Waals surface area contributed by atoms with E-state index in [0.717, 1.165) is 12.4 Å². The van der Waals surface area contributed by atoms with Gasteiger partial charge in [0.05, 0.1) is 12.8 Å². The normalized spacial score (nSPS) is 16.0. The third kappa shape index (κ3) is 3.31. The van der Waals surface area contributed by atoms with Gasteiger partial charge in [-0.2, -0.15) is 4.98 Å². The third-order valence-corrected chi connectivity index (χ3v) is 3.69. The molecule has 0 spiro atoms. The average molecular weight is 263 g/mol. The van der Waals surface area contributed by atoms with Crippen LogP contribution in [-0.4, -0.2) is 24.7 Å².